The molecule has 0 spiro atoms. The van der Waals surface area contributed by atoms with E-state index in [1.54, 1.807) is 41.8 Å². The Morgan fingerprint density at radius 2 is 2.00 bits per heavy atom. The second-order valence-electron chi connectivity index (χ2n) is 5.76. The van der Waals surface area contributed by atoms with Crippen molar-refractivity contribution in [1.82, 2.24) is 20.6 Å². The fraction of sp³-hybridized carbons (Fsp3) is 0.111. The van der Waals surface area contributed by atoms with E-state index in [0.29, 0.717) is 16.2 Å². The predicted octanol–water partition coefficient (Wildman–Crippen LogP) is 0.691. The van der Waals surface area contributed by atoms with E-state index in [1.807, 2.05) is 4.98 Å². The van der Waals surface area contributed by atoms with Crippen LogP contribution in [0, 0.1) is 0 Å². The number of hydrogen-bond acceptors (Lipinski definition) is 9. The number of H-pyrrole nitrogens is 2. The van der Waals surface area contributed by atoms with Gasteiger partial charge in [-0.05, 0) is 41.3 Å². The van der Waals surface area contributed by atoms with Crippen LogP contribution in [0.2, 0.25) is 0 Å². The Balaban J connectivity index is 1.42. The molecule has 0 bridgehead atoms. The molecule has 11 nitrogen and oxygen atoms in total. The number of carbonyl (C=O) groups is 2. The third kappa shape index (κ3) is 5.97. The second kappa shape index (κ2) is 9.93. The smallest absolute Gasteiger partial charge is 0.353 e. The molecule has 30 heavy (non-hydrogen) atoms. The maximum absolute atomic E-state index is 11.9. The van der Waals surface area contributed by atoms with Gasteiger partial charge in [0.25, 0.3) is 5.56 Å². The number of hydrogen-bond donors (Lipinski definition) is 4. The van der Waals surface area contributed by atoms with E-state index < -0.39 is 17.2 Å². The second-order valence-corrected chi connectivity index (χ2v) is 6.71. The van der Waals surface area contributed by atoms with Crippen molar-refractivity contribution in [3.63, 3.8) is 0 Å². The summed E-state index contributed by atoms with van der Waals surface area (Å²) in [5, 5.41) is 13.9. The molecule has 1 aromatic carbocycles. The van der Waals surface area contributed by atoms with Crippen LogP contribution < -0.4 is 26.7 Å². The average Bonchev–Trinajstić information content (AvgIpc) is 3.26. The number of hydrazone groups is 1. The lowest BCUT2D eigenvalue weighted by molar-refractivity contribution is -0.120. The number of rotatable bonds is 8. The minimum Gasteiger partial charge on any atom is -0.422 e. The van der Waals surface area contributed by atoms with Crippen molar-refractivity contribution in [2.45, 2.75) is 6.42 Å². The molecule has 4 N–H and O–H groups in total. The molecule has 0 radical (unpaired) electrons. The first-order chi connectivity index (χ1) is 14.5. The molecule has 0 saturated carbocycles. The van der Waals surface area contributed by atoms with Crippen molar-refractivity contribution in [2.75, 3.05) is 11.9 Å². The zero-order valence-electron chi connectivity index (χ0n) is 15.4. The van der Waals surface area contributed by atoms with E-state index in [9.17, 15) is 19.2 Å². The molecule has 3 rings (SSSR count). The first-order valence-corrected chi connectivity index (χ1v) is 9.50. The van der Waals surface area contributed by atoms with Crippen LogP contribution in [0.1, 0.15) is 21.7 Å². The number of anilines is 1. The monoisotopic (exact) mass is 428 g/mol. The molecule has 154 valence electrons. The van der Waals surface area contributed by atoms with Crippen LogP contribution in [0.25, 0.3) is 0 Å². The lowest BCUT2D eigenvalue weighted by Gasteiger charge is -2.03. The molecule has 3 aromatic rings. The van der Waals surface area contributed by atoms with Gasteiger partial charge < -0.3 is 10.1 Å². The Labute approximate surface area is 172 Å². The maximum Gasteiger partial charge on any atom is 0.353 e. The van der Waals surface area contributed by atoms with Crippen LogP contribution in [-0.4, -0.2) is 39.8 Å². The summed E-state index contributed by atoms with van der Waals surface area (Å²) in [6.07, 6.45) is 1.46. The summed E-state index contributed by atoms with van der Waals surface area (Å²) in [5.41, 5.74) is 1.64. The highest BCUT2D eigenvalue weighted by atomic mass is 32.1. The molecule has 0 aliphatic carbocycles. The van der Waals surface area contributed by atoms with Gasteiger partial charge in [0.1, 0.15) is 10.6 Å². The molecular formula is C18H16N6O5S. The number of nitrogens with one attached hydrogen (secondary N) is 4. The van der Waals surface area contributed by atoms with Crippen molar-refractivity contribution >= 4 is 35.2 Å². The minimum absolute atomic E-state index is 0.0230. The number of aromatic nitrogens is 3. The van der Waals surface area contributed by atoms with Crippen molar-refractivity contribution < 1.29 is 14.3 Å². The fourth-order valence-electron chi connectivity index (χ4n) is 2.17. The summed E-state index contributed by atoms with van der Waals surface area (Å²) in [6, 6.07) is 10.1. The van der Waals surface area contributed by atoms with Crippen molar-refractivity contribution in [3.8, 4) is 5.75 Å². The summed E-state index contributed by atoms with van der Waals surface area (Å²) < 4.78 is 5.25. The van der Waals surface area contributed by atoms with Crippen LogP contribution in [0.3, 0.4) is 0 Å². The molecule has 0 aliphatic rings. The van der Waals surface area contributed by atoms with Gasteiger partial charge in [-0.15, -0.1) is 16.4 Å². The fourth-order valence-corrected chi connectivity index (χ4v) is 2.77. The summed E-state index contributed by atoms with van der Waals surface area (Å²) in [4.78, 5) is 48.5. The highest BCUT2D eigenvalue weighted by molar-refractivity contribution is 7.12. The van der Waals surface area contributed by atoms with Crippen LogP contribution >= 0.6 is 11.3 Å². The molecule has 1 amide bonds. The summed E-state index contributed by atoms with van der Waals surface area (Å²) >= 11 is 1.30. The summed E-state index contributed by atoms with van der Waals surface area (Å²) in [6.45, 7) is 0.119. The van der Waals surface area contributed by atoms with Gasteiger partial charge in [-0.1, -0.05) is 6.07 Å². The number of benzene rings is 1. The van der Waals surface area contributed by atoms with E-state index in [-0.39, 0.29) is 24.7 Å². The first kappa shape index (κ1) is 20.7. The summed E-state index contributed by atoms with van der Waals surface area (Å²) in [7, 11) is 0. The minimum atomic E-state index is -0.716. The molecule has 0 aliphatic heterocycles. The Morgan fingerprint density at radius 3 is 2.70 bits per heavy atom. The largest absolute Gasteiger partial charge is 0.422 e. The molecule has 2 heterocycles. The van der Waals surface area contributed by atoms with Gasteiger partial charge in [0.2, 0.25) is 11.7 Å². The Kier molecular flexibility index (Phi) is 6.84. The van der Waals surface area contributed by atoms with Gasteiger partial charge in [-0.25, -0.2) is 20.1 Å². The third-order valence-electron chi connectivity index (χ3n) is 3.57. The Bertz CT molecular complexity index is 1150. The van der Waals surface area contributed by atoms with Crippen LogP contribution in [0.5, 0.6) is 5.75 Å². The lowest BCUT2D eigenvalue weighted by atomic mass is 10.2. The average molecular weight is 428 g/mol. The van der Waals surface area contributed by atoms with Gasteiger partial charge in [-0.3, -0.25) is 14.6 Å². The van der Waals surface area contributed by atoms with Gasteiger partial charge in [0, 0.05) is 13.0 Å². The van der Waals surface area contributed by atoms with Gasteiger partial charge in [-0.2, -0.15) is 5.10 Å². The number of esters is 1. The van der Waals surface area contributed by atoms with E-state index in [1.165, 1.54) is 17.6 Å². The van der Waals surface area contributed by atoms with Crippen molar-refractivity contribution in [2.24, 2.45) is 5.10 Å². The number of ether oxygens (including phenoxy) is 1. The van der Waals surface area contributed by atoms with Crippen LogP contribution in [-0.2, 0) is 4.79 Å². The highest BCUT2D eigenvalue weighted by Crippen LogP contribution is 2.16. The standard InChI is InChI=1S/C18H16N6O5S/c25-14(7-8-19-15-16(26)21-18(28)24-23-15)22-20-10-11-3-5-12(6-4-11)29-17(27)13-2-1-9-30-13/h1-6,9-10H,7-8H2,(H,19,23)(H,22,25)(H2,21,24,26,28)/b20-10+. The van der Waals surface area contributed by atoms with E-state index in [2.05, 4.69) is 26.0 Å². The van der Waals surface area contributed by atoms with Gasteiger partial charge in [0.05, 0.1) is 6.21 Å². The van der Waals surface area contributed by atoms with Gasteiger partial charge >= 0.3 is 11.7 Å². The normalized spacial score (nSPS) is 10.7. The molecule has 0 fully saturated rings. The summed E-state index contributed by atoms with van der Waals surface area (Å²) in [5.74, 6) is -0.510. The molecule has 0 unspecified atom stereocenters. The number of carbonyl (C=O) groups excluding carboxylic acids is 2. The van der Waals surface area contributed by atoms with E-state index in [0.717, 1.165) is 0 Å². The number of thiophene rings is 1. The quantitative estimate of drug-likeness (QED) is 0.178. The highest BCUT2D eigenvalue weighted by Gasteiger charge is 2.09. The van der Waals surface area contributed by atoms with Crippen molar-refractivity contribution in [1.29, 1.82) is 0 Å². The van der Waals surface area contributed by atoms with Gasteiger partial charge in [0.15, 0.2) is 0 Å². The number of amides is 1. The zero-order chi connectivity index (χ0) is 21.3. The third-order valence-corrected chi connectivity index (χ3v) is 4.42. The lowest BCUT2D eigenvalue weighted by Crippen LogP contribution is -2.28. The van der Waals surface area contributed by atoms with Crippen LogP contribution in [0.4, 0.5) is 5.82 Å². The Morgan fingerprint density at radius 1 is 1.20 bits per heavy atom. The van der Waals surface area contributed by atoms with E-state index in [4.69, 9.17) is 4.74 Å². The van der Waals surface area contributed by atoms with E-state index >= 15 is 0 Å². The molecule has 0 saturated heterocycles. The molecule has 0 atom stereocenters. The topological polar surface area (TPSA) is 158 Å². The Hall–Kier alpha value is -4.06. The van der Waals surface area contributed by atoms with Crippen LogP contribution in [0.15, 0.2) is 56.5 Å². The maximum atomic E-state index is 11.9. The zero-order valence-corrected chi connectivity index (χ0v) is 16.2. The molecular weight excluding hydrogens is 412 g/mol. The molecule has 2 aromatic heterocycles. The number of aromatic amines is 2. The number of nitrogens with zero attached hydrogens (tertiary/aromatic N) is 2. The van der Waals surface area contributed by atoms with Crippen molar-refractivity contribution in [3.05, 3.63) is 73.1 Å². The predicted molar refractivity (Wildman–Crippen MR) is 110 cm³/mol. The SMILES string of the molecule is O=C(CCNc1n[nH]c(=O)[nH]c1=O)N/N=C/c1ccc(OC(=O)c2cccs2)cc1. The first-order valence-electron chi connectivity index (χ1n) is 8.62. The molecule has 12 heteroatoms.